The van der Waals surface area contributed by atoms with Crippen LogP contribution >= 0.6 is 0 Å². The van der Waals surface area contributed by atoms with Crippen LogP contribution in [0.2, 0.25) is 0 Å². The summed E-state index contributed by atoms with van der Waals surface area (Å²) in [6.07, 6.45) is 2.09. The van der Waals surface area contributed by atoms with Crippen LogP contribution in [0.15, 0.2) is 29.3 Å². The third-order valence-corrected chi connectivity index (χ3v) is 5.85. The maximum atomic E-state index is 10.4. The molecule has 1 heterocycles. The van der Waals surface area contributed by atoms with Gasteiger partial charge in [0, 0.05) is 30.5 Å². The standard InChI is InChI=1S/C21H33N3O2/c1-5-22-20(23-13-17(25)15-10-8-14(2)9-11-15)24-18-16-7-6-12-26-19(16)21(18,3)4/h8-11,16-19,25H,5-7,12-13H2,1-4H3,(H2,22,23,24). The van der Waals surface area contributed by atoms with Crippen molar-refractivity contribution < 1.29 is 9.84 Å². The smallest absolute Gasteiger partial charge is 0.191 e. The minimum atomic E-state index is -0.591. The van der Waals surface area contributed by atoms with E-state index in [-0.39, 0.29) is 5.41 Å². The van der Waals surface area contributed by atoms with E-state index in [0.717, 1.165) is 31.1 Å². The highest BCUT2D eigenvalue weighted by Gasteiger charge is 2.58. The quantitative estimate of drug-likeness (QED) is 0.559. The lowest BCUT2D eigenvalue weighted by Gasteiger charge is -2.60. The molecule has 0 radical (unpaired) electrons. The first kappa shape index (κ1) is 19.2. The Balaban J connectivity index is 1.64. The lowest BCUT2D eigenvalue weighted by molar-refractivity contribution is -0.188. The van der Waals surface area contributed by atoms with E-state index in [0.29, 0.717) is 24.6 Å². The van der Waals surface area contributed by atoms with Crippen molar-refractivity contribution in [2.75, 3.05) is 19.7 Å². The lowest BCUT2D eigenvalue weighted by atomic mass is 9.55. The number of benzene rings is 1. The number of aliphatic hydroxyl groups excluding tert-OH is 1. The van der Waals surface area contributed by atoms with Crippen molar-refractivity contribution in [1.29, 1.82) is 0 Å². The van der Waals surface area contributed by atoms with E-state index in [1.807, 2.05) is 31.2 Å². The zero-order valence-corrected chi connectivity index (χ0v) is 16.5. The molecule has 1 aromatic rings. The molecule has 5 nitrogen and oxygen atoms in total. The third kappa shape index (κ3) is 3.89. The van der Waals surface area contributed by atoms with Gasteiger partial charge in [0.05, 0.1) is 18.8 Å². The lowest BCUT2D eigenvalue weighted by Crippen LogP contribution is -2.71. The molecular formula is C21H33N3O2. The Morgan fingerprint density at radius 2 is 2.08 bits per heavy atom. The van der Waals surface area contributed by atoms with Gasteiger partial charge in [-0.2, -0.15) is 0 Å². The highest BCUT2D eigenvalue weighted by molar-refractivity contribution is 5.80. The van der Waals surface area contributed by atoms with Crippen LogP contribution in [-0.4, -0.2) is 42.9 Å². The Kier molecular flexibility index (Phi) is 5.88. The summed E-state index contributed by atoms with van der Waals surface area (Å²) in [4.78, 5) is 4.64. The maximum absolute atomic E-state index is 10.4. The molecule has 5 heteroatoms. The first-order valence-corrected chi connectivity index (χ1v) is 9.84. The predicted molar refractivity (Wildman–Crippen MR) is 105 cm³/mol. The average molecular weight is 360 g/mol. The van der Waals surface area contributed by atoms with Crippen LogP contribution < -0.4 is 10.6 Å². The minimum Gasteiger partial charge on any atom is -0.386 e. The van der Waals surface area contributed by atoms with Crippen LogP contribution in [-0.2, 0) is 4.74 Å². The first-order valence-electron chi connectivity index (χ1n) is 9.84. The number of nitrogens with zero attached hydrogens (tertiary/aromatic N) is 1. The largest absolute Gasteiger partial charge is 0.386 e. The van der Waals surface area contributed by atoms with Crippen LogP contribution in [0.3, 0.4) is 0 Å². The summed E-state index contributed by atoms with van der Waals surface area (Å²) in [5.41, 5.74) is 2.19. The Bertz CT molecular complexity index is 627. The van der Waals surface area contributed by atoms with Gasteiger partial charge in [-0.15, -0.1) is 0 Å². The second-order valence-electron chi connectivity index (χ2n) is 8.19. The van der Waals surface area contributed by atoms with Crippen molar-refractivity contribution in [2.24, 2.45) is 16.3 Å². The van der Waals surface area contributed by atoms with Crippen molar-refractivity contribution in [1.82, 2.24) is 10.6 Å². The van der Waals surface area contributed by atoms with E-state index >= 15 is 0 Å². The van der Waals surface area contributed by atoms with Crippen molar-refractivity contribution in [2.45, 2.75) is 58.8 Å². The van der Waals surface area contributed by atoms with Gasteiger partial charge in [0.15, 0.2) is 5.96 Å². The Morgan fingerprint density at radius 3 is 2.77 bits per heavy atom. The molecule has 26 heavy (non-hydrogen) atoms. The molecule has 0 bridgehead atoms. The number of rotatable bonds is 5. The normalized spacial score (nSPS) is 28.7. The molecular weight excluding hydrogens is 326 g/mol. The van der Waals surface area contributed by atoms with Gasteiger partial charge in [-0.25, -0.2) is 0 Å². The highest BCUT2D eigenvalue weighted by atomic mass is 16.5. The molecule has 4 atom stereocenters. The number of aryl methyl sites for hydroxylation is 1. The highest BCUT2D eigenvalue weighted by Crippen LogP contribution is 2.51. The summed E-state index contributed by atoms with van der Waals surface area (Å²) in [6, 6.07) is 8.32. The molecule has 3 rings (SSSR count). The summed E-state index contributed by atoms with van der Waals surface area (Å²) in [5.74, 6) is 1.32. The van der Waals surface area contributed by atoms with Gasteiger partial charge in [-0.05, 0) is 32.3 Å². The van der Waals surface area contributed by atoms with Crippen molar-refractivity contribution in [3.63, 3.8) is 0 Å². The van der Waals surface area contributed by atoms with E-state index in [1.54, 1.807) is 0 Å². The van der Waals surface area contributed by atoms with E-state index in [4.69, 9.17) is 4.74 Å². The zero-order chi connectivity index (χ0) is 18.7. The molecule has 1 aliphatic carbocycles. The Morgan fingerprint density at radius 1 is 1.35 bits per heavy atom. The first-order chi connectivity index (χ1) is 12.4. The minimum absolute atomic E-state index is 0.0941. The monoisotopic (exact) mass is 359 g/mol. The van der Waals surface area contributed by atoms with Crippen LogP contribution in [0.1, 0.15) is 50.8 Å². The average Bonchev–Trinajstić information content (AvgIpc) is 2.64. The van der Waals surface area contributed by atoms with E-state index in [9.17, 15) is 5.11 Å². The van der Waals surface area contributed by atoms with Crippen LogP contribution in [0.5, 0.6) is 0 Å². The Hall–Kier alpha value is -1.59. The molecule has 3 N–H and O–H groups in total. The van der Waals surface area contributed by atoms with Gasteiger partial charge in [-0.3, -0.25) is 4.99 Å². The van der Waals surface area contributed by atoms with Crippen molar-refractivity contribution >= 4 is 5.96 Å². The van der Waals surface area contributed by atoms with E-state index < -0.39 is 6.10 Å². The molecule has 4 unspecified atom stereocenters. The fourth-order valence-electron chi connectivity index (χ4n) is 4.35. The number of hydrogen-bond donors (Lipinski definition) is 3. The number of nitrogens with one attached hydrogen (secondary N) is 2. The molecule has 1 aromatic carbocycles. The number of ether oxygens (including phenoxy) is 1. The molecule has 0 aromatic heterocycles. The maximum Gasteiger partial charge on any atom is 0.191 e. The van der Waals surface area contributed by atoms with Gasteiger partial charge < -0.3 is 20.5 Å². The van der Waals surface area contributed by atoms with Crippen molar-refractivity contribution in [3.05, 3.63) is 35.4 Å². The number of guanidine groups is 1. The molecule has 1 saturated heterocycles. The SMILES string of the molecule is CCNC(=NCC(O)c1ccc(C)cc1)NC1C2CCCOC2C1(C)C. The fourth-order valence-corrected chi connectivity index (χ4v) is 4.35. The summed E-state index contributed by atoms with van der Waals surface area (Å²) in [6.45, 7) is 10.7. The van der Waals surface area contributed by atoms with E-state index in [1.165, 1.54) is 12.0 Å². The van der Waals surface area contributed by atoms with Crippen LogP contribution in [0.4, 0.5) is 0 Å². The van der Waals surface area contributed by atoms with Gasteiger partial charge >= 0.3 is 0 Å². The molecule has 0 spiro atoms. The van der Waals surface area contributed by atoms with Gasteiger partial charge in [0.1, 0.15) is 0 Å². The third-order valence-electron chi connectivity index (χ3n) is 5.85. The predicted octanol–water partition coefficient (Wildman–Crippen LogP) is 2.79. The second kappa shape index (κ2) is 7.97. The summed E-state index contributed by atoms with van der Waals surface area (Å²) >= 11 is 0. The Labute approximate surface area is 157 Å². The molecule has 2 aliphatic rings. The number of aliphatic imine (C=N–C) groups is 1. The zero-order valence-electron chi connectivity index (χ0n) is 16.5. The van der Waals surface area contributed by atoms with Crippen LogP contribution in [0.25, 0.3) is 0 Å². The molecule has 144 valence electrons. The molecule has 1 aliphatic heterocycles. The molecule has 2 fully saturated rings. The number of fused-ring (bicyclic) bond motifs is 1. The molecule has 0 amide bonds. The van der Waals surface area contributed by atoms with Crippen molar-refractivity contribution in [3.8, 4) is 0 Å². The fraction of sp³-hybridized carbons (Fsp3) is 0.667. The van der Waals surface area contributed by atoms with Crippen LogP contribution in [0, 0.1) is 18.3 Å². The number of hydrogen-bond acceptors (Lipinski definition) is 3. The summed E-state index contributed by atoms with van der Waals surface area (Å²) in [5, 5.41) is 17.4. The van der Waals surface area contributed by atoms with Gasteiger partial charge in [0.25, 0.3) is 0 Å². The number of aliphatic hydroxyl groups is 1. The van der Waals surface area contributed by atoms with Gasteiger partial charge in [0.2, 0.25) is 0 Å². The summed E-state index contributed by atoms with van der Waals surface area (Å²) < 4.78 is 5.99. The topological polar surface area (TPSA) is 65.9 Å². The molecule has 1 saturated carbocycles. The second-order valence-corrected chi connectivity index (χ2v) is 8.19. The van der Waals surface area contributed by atoms with E-state index in [2.05, 4.69) is 36.4 Å². The van der Waals surface area contributed by atoms with Gasteiger partial charge in [-0.1, -0.05) is 43.7 Å². The summed E-state index contributed by atoms with van der Waals surface area (Å²) in [7, 11) is 0.